The number of anilines is 1. The number of aliphatic hydroxyl groups is 1. The summed E-state index contributed by atoms with van der Waals surface area (Å²) in [7, 11) is 1.52. The van der Waals surface area contributed by atoms with Crippen molar-refractivity contribution in [3.8, 4) is 5.75 Å². The van der Waals surface area contributed by atoms with Crippen LogP contribution in [-0.2, 0) is 9.59 Å². The first-order valence-corrected chi connectivity index (χ1v) is 11.3. The average Bonchev–Trinajstić information content (AvgIpc) is 3.37. The molecule has 1 fully saturated rings. The minimum absolute atomic E-state index is 0.0806. The maximum Gasteiger partial charge on any atom is 0.301 e. The fourth-order valence-electron chi connectivity index (χ4n) is 3.88. The van der Waals surface area contributed by atoms with Gasteiger partial charge in [0.25, 0.3) is 5.78 Å². The minimum atomic E-state index is -0.954. The van der Waals surface area contributed by atoms with Gasteiger partial charge in [0, 0.05) is 10.6 Å². The molecule has 6 nitrogen and oxygen atoms in total. The van der Waals surface area contributed by atoms with E-state index in [0.29, 0.717) is 32.1 Å². The van der Waals surface area contributed by atoms with Crippen LogP contribution in [0, 0.1) is 5.82 Å². The molecule has 5 rings (SSSR count). The SMILES string of the molecule is COc1ccc(/C(O)=C2\C(=O)C(=O)N(c3nc4ccc(F)cc4s3)[C@@H]2c2ccc(Cl)cc2)cc1. The van der Waals surface area contributed by atoms with E-state index in [1.807, 2.05) is 0 Å². The summed E-state index contributed by atoms with van der Waals surface area (Å²) in [6, 6.07) is 16.3. The number of carbonyl (C=O) groups is 2. The Kier molecular flexibility index (Phi) is 5.55. The number of rotatable bonds is 4. The Morgan fingerprint density at radius 2 is 1.79 bits per heavy atom. The molecule has 0 unspecified atom stereocenters. The molecule has 1 aliphatic rings. The number of fused-ring (bicyclic) bond motifs is 1. The molecular weight excluding hydrogens is 479 g/mol. The van der Waals surface area contributed by atoms with Crippen LogP contribution in [0.2, 0.25) is 5.02 Å². The Morgan fingerprint density at radius 1 is 1.09 bits per heavy atom. The molecule has 1 atom stereocenters. The van der Waals surface area contributed by atoms with Gasteiger partial charge in [0.1, 0.15) is 17.3 Å². The summed E-state index contributed by atoms with van der Waals surface area (Å²) in [5.41, 5.74) is 1.32. The Labute approximate surface area is 202 Å². The summed E-state index contributed by atoms with van der Waals surface area (Å²) in [6.45, 7) is 0. The van der Waals surface area contributed by atoms with Gasteiger partial charge in [0.15, 0.2) is 5.13 Å². The van der Waals surface area contributed by atoms with E-state index in [4.69, 9.17) is 16.3 Å². The monoisotopic (exact) mass is 494 g/mol. The van der Waals surface area contributed by atoms with E-state index in [-0.39, 0.29) is 16.5 Å². The molecule has 0 spiro atoms. The lowest BCUT2D eigenvalue weighted by Crippen LogP contribution is -2.29. The first kappa shape index (κ1) is 22.1. The molecule has 1 aromatic heterocycles. The largest absolute Gasteiger partial charge is 0.507 e. The van der Waals surface area contributed by atoms with E-state index in [9.17, 15) is 19.1 Å². The van der Waals surface area contributed by atoms with Crippen LogP contribution in [0.25, 0.3) is 16.0 Å². The number of thiazole rings is 1. The third kappa shape index (κ3) is 3.70. The molecule has 3 aromatic carbocycles. The molecule has 170 valence electrons. The number of aliphatic hydroxyl groups excluding tert-OH is 1. The first-order valence-electron chi connectivity index (χ1n) is 10.1. The van der Waals surface area contributed by atoms with Crippen molar-refractivity contribution >= 4 is 55.7 Å². The number of amides is 1. The highest BCUT2D eigenvalue weighted by Gasteiger charge is 2.48. The molecule has 1 N–H and O–H groups in total. The zero-order valence-corrected chi connectivity index (χ0v) is 19.2. The quantitative estimate of drug-likeness (QED) is 0.223. The highest BCUT2D eigenvalue weighted by molar-refractivity contribution is 7.22. The first-order chi connectivity index (χ1) is 16.4. The third-order valence-electron chi connectivity index (χ3n) is 5.54. The molecule has 9 heteroatoms. The number of Topliss-reactive ketones (excluding diaryl/α,β-unsaturated/α-hetero) is 1. The zero-order chi connectivity index (χ0) is 24.0. The zero-order valence-electron chi connectivity index (χ0n) is 17.7. The Hall–Kier alpha value is -3.75. The molecule has 1 saturated heterocycles. The summed E-state index contributed by atoms with van der Waals surface area (Å²) in [5.74, 6) is -1.87. The molecule has 34 heavy (non-hydrogen) atoms. The van der Waals surface area contributed by atoms with Crippen molar-refractivity contribution in [1.29, 1.82) is 0 Å². The van der Waals surface area contributed by atoms with E-state index in [1.54, 1.807) is 48.5 Å². The lowest BCUT2D eigenvalue weighted by atomic mass is 9.95. The highest BCUT2D eigenvalue weighted by atomic mass is 35.5. The van der Waals surface area contributed by atoms with Crippen molar-refractivity contribution in [3.05, 3.63) is 94.3 Å². The van der Waals surface area contributed by atoms with Crippen LogP contribution in [0.4, 0.5) is 9.52 Å². The number of hydrogen-bond donors (Lipinski definition) is 1. The molecule has 1 aliphatic heterocycles. The number of nitrogens with zero attached hydrogens (tertiary/aromatic N) is 2. The number of hydrogen-bond acceptors (Lipinski definition) is 6. The standard InChI is InChI=1S/C25H16ClFN2O4S/c1-33-17-9-4-14(5-10-17)22(30)20-21(13-2-6-15(26)7-3-13)29(24(32)23(20)31)25-28-18-11-8-16(27)12-19(18)34-25/h2-12,21,30H,1H3/b22-20+/t21-/m1/s1. The second-order valence-corrected chi connectivity index (χ2v) is 9.00. The van der Waals surface area contributed by atoms with Crippen molar-refractivity contribution in [2.75, 3.05) is 12.0 Å². The number of methoxy groups -OCH3 is 1. The van der Waals surface area contributed by atoms with Gasteiger partial charge in [-0.3, -0.25) is 14.5 Å². The summed E-state index contributed by atoms with van der Waals surface area (Å²) in [4.78, 5) is 32.1. The maximum absolute atomic E-state index is 13.7. The third-order valence-corrected chi connectivity index (χ3v) is 6.81. The van der Waals surface area contributed by atoms with Crippen LogP contribution in [0.3, 0.4) is 0 Å². The smallest absolute Gasteiger partial charge is 0.301 e. The van der Waals surface area contributed by atoms with E-state index >= 15 is 0 Å². The van der Waals surface area contributed by atoms with Crippen LogP contribution >= 0.6 is 22.9 Å². The lowest BCUT2D eigenvalue weighted by molar-refractivity contribution is -0.132. The van der Waals surface area contributed by atoms with Crippen molar-refractivity contribution in [3.63, 3.8) is 0 Å². The van der Waals surface area contributed by atoms with E-state index in [0.717, 1.165) is 11.3 Å². The summed E-state index contributed by atoms with van der Waals surface area (Å²) < 4.78 is 19.4. The van der Waals surface area contributed by atoms with Gasteiger partial charge in [0.2, 0.25) is 0 Å². The van der Waals surface area contributed by atoms with E-state index in [2.05, 4.69) is 4.98 Å². The summed E-state index contributed by atoms with van der Waals surface area (Å²) in [6.07, 6.45) is 0. The lowest BCUT2D eigenvalue weighted by Gasteiger charge is -2.23. The predicted octanol–water partition coefficient (Wildman–Crippen LogP) is 5.72. The fraction of sp³-hybridized carbons (Fsp3) is 0.0800. The van der Waals surface area contributed by atoms with Gasteiger partial charge in [-0.05, 0) is 60.2 Å². The Balaban J connectivity index is 1.71. The molecule has 0 bridgehead atoms. The normalized spacial score (nSPS) is 17.5. The second-order valence-electron chi connectivity index (χ2n) is 7.56. The predicted molar refractivity (Wildman–Crippen MR) is 129 cm³/mol. The van der Waals surface area contributed by atoms with Crippen LogP contribution in [-0.4, -0.2) is 28.9 Å². The molecule has 0 saturated carbocycles. The van der Waals surface area contributed by atoms with Crippen molar-refractivity contribution < 1.29 is 23.8 Å². The topological polar surface area (TPSA) is 79.7 Å². The van der Waals surface area contributed by atoms with Gasteiger partial charge < -0.3 is 9.84 Å². The summed E-state index contributed by atoms with van der Waals surface area (Å²) in [5, 5.41) is 11.8. The van der Waals surface area contributed by atoms with Crippen LogP contribution < -0.4 is 9.64 Å². The fourth-order valence-corrected chi connectivity index (χ4v) is 5.03. The summed E-state index contributed by atoms with van der Waals surface area (Å²) >= 11 is 7.14. The minimum Gasteiger partial charge on any atom is -0.507 e. The molecular formula is C25H16ClFN2O4S. The number of benzene rings is 3. The van der Waals surface area contributed by atoms with Crippen molar-refractivity contribution in [1.82, 2.24) is 4.98 Å². The van der Waals surface area contributed by atoms with Gasteiger partial charge in [0.05, 0.1) is 28.9 Å². The Morgan fingerprint density at radius 3 is 2.47 bits per heavy atom. The van der Waals surface area contributed by atoms with Crippen LogP contribution in [0.1, 0.15) is 17.2 Å². The number of carbonyl (C=O) groups excluding carboxylic acids is 2. The van der Waals surface area contributed by atoms with Gasteiger partial charge in [-0.1, -0.05) is 35.1 Å². The van der Waals surface area contributed by atoms with Gasteiger partial charge in [-0.2, -0.15) is 0 Å². The number of ether oxygens (including phenoxy) is 1. The number of ketones is 1. The number of halogens is 2. The van der Waals surface area contributed by atoms with E-state index < -0.39 is 23.5 Å². The highest BCUT2D eigenvalue weighted by Crippen LogP contribution is 2.44. The van der Waals surface area contributed by atoms with Crippen molar-refractivity contribution in [2.45, 2.75) is 6.04 Å². The Bertz CT molecular complexity index is 1460. The van der Waals surface area contributed by atoms with Crippen LogP contribution in [0.15, 0.2) is 72.3 Å². The van der Waals surface area contributed by atoms with Gasteiger partial charge >= 0.3 is 5.91 Å². The average molecular weight is 495 g/mol. The van der Waals surface area contributed by atoms with Crippen molar-refractivity contribution in [2.24, 2.45) is 0 Å². The van der Waals surface area contributed by atoms with Gasteiger partial charge in [-0.25, -0.2) is 9.37 Å². The maximum atomic E-state index is 13.7. The number of aromatic nitrogens is 1. The molecule has 1 amide bonds. The molecule has 2 heterocycles. The van der Waals surface area contributed by atoms with E-state index in [1.165, 1.54) is 30.2 Å². The molecule has 0 aliphatic carbocycles. The van der Waals surface area contributed by atoms with Gasteiger partial charge in [-0.15, -0.1) is 0 Å². The molecule has 4 aromatic rings. The molecule has 0 radical (unpaired) electrons. The van der Waals surface area contributed by atoms with Crippen LogP contribution in [0.5, 0.6) is 5.75 Å². The second kappa shape index (κ2) is 8.55.